The minimum Gasteiger partial charge on any atom is -0.481 e. The molecule has 2 N–H and O–H groups in total. The van der Waals surface area contributed by atoms with Gasteiger partial charge in [-0.3, -0.25) is 14.4 Å². The van der Waals surface area contributed by atoms with Crippen LogP contribution >= 0.6 is 27.3 Å². The topological polar surface area (TPSA) is 83.5 Å². The van der Waals surface area contributed by atoms with Crippen molar-refractivity contribution in [1.29, 1.82) is 0 Å². The van der Waals surface area contributed by atoms with E-state index in [0.717, 1.165) is 9.35 Å². The minimum atomic E-state index is -1.44. The van der Waals surface area contributed by atoms with Crippen molar-refractivity contribution in [3.05, 3.63) is 14.9 Å². The predicted octanol–water partition coefficient (Wildman–Crippen LogP) is 2.68. The molecule has 0 aromatic carbocycles. The maximum atomic E-state index is 12.5. The third-order valence-electron chi connectivity index (χ3n) is 3.37. The number of halogens is 1. The Hall–Kier alpha value is -1.21. The summed E-state index contributed by atoms with van der Waals surface area (Å²) in [7, 11) is 0. The number of carbonyl (C=O) groups is 3. The summed E-state index contributed by atoms with van der Waals surface area (Å²) < 4.78 is 0.764. The largest absolute Gasteiger partial charge is 0.481 e. The normalized spacial score (nSPS) is 19.1. The molecule has 2 heterocycles. The molecule has 1 amide bonds. The van der Waals surface area contributed by atoms with Gasteiger partial charge in [-0.25, -0.2) is 0 Å². The van der Waals surface area contributed by atoms with E-state index in [2.05, 4.69) is 21.2 Å². The molecule has 102 valence electrons. The molecule has 2 rings (SSSR count). The summed E-state index contributed by atoms with van der Waals surface area (Å²) in [6.07, 6.45) is 0. The van der Waals surface area contributed by atoms with Crippen molar-refractivity contribution in [2.24, 2.45) is 11.3 Å². The Morgan fingerprint density at radius 1 is 1.42 bits per heavy atom. The number of amides is 1. The van der Waals surface area contributed by atoms with Crippen molar-refractivity contribution in [2.45, 2.75) is 20.8 Å². The van der Waals surface area contributed by atoms with Gasteiger partial charge in [0.05, 0.1) is 14.8 Å². The highest BCUT2D eigenvalue weighted by atomic mass is 79.9. The first kappa shape index (κ1) is 14.2. The van der Waals surface area contributed by atoms with Gasteiger partial charge < -0.3 is 10.4 Å². The molecule has 0 bridgehead atoms. The van der Waals surface area contributed by atoms with E-state index in [1.807, 2.05) is 0 Å². The molecule has 1 aliphatic rings. The summed E-state index contributed by atoms with van der Waals surface area (Å²) in [6, 6.07) is 0. The standard InChI is InChI=1S/C12H12BrNO4S/c1-4-5-7(15)6(12(2,3)11(17)18)9(16)14-10(5)19-8(4)13/h6H,1-3H3,(H,14,16)(H,17,18). The molecular formula is C12H12BrNO4S. The second-order valence-electron chi connectivity index (χ2n) is 5.02. The van der Waals surface area contributed by atoms with Crippen molar-refractivity contribution < 1.29 is 19.5 Å². The van der Waals surface area contributed by atoms with Crippen LogP contribution in [0.1, 0.15) is 29.8 Å². The van der Waals surface area contributed by atoms with Crippen LogP contribution < -0.4 is 5.32 Å². The van der Waals surface area contributed by atoms with Crippen LogP contribution in [0.15, 0.2) is 3.79 Å². The average Bonchev–Trinajstić information content (AvgIpc) is 2.53. The lowest BCUT2D eigenvalue weighted by Crippen LogP contribution is -2.47. The summed E-state index contributed by atoms with van der Waals surface area (Å²) >= 11 is 4.58. The van der Waals surface area contributed by atoms with Crippen molar-refractivity contribution in [3.63, 3.8) is 0 Å². The van der Waals surface area contributed by atoms with Crippen LogP contribution in [0.25, 0.3) is 0 Å². The Labute approximate surface area is 122 Å². The van der Waals surface area contributed by atoms with Crippen LogP contribution in [0.5, 0.6) is 0 Å². The number of ketones is 1. The van der Waals surface area contributed by atoms with Gasteiger partial charge >= 0.3 is 5.97 Å². The second-order valence-corrected chi connectivity index (χ2v) is 7.36. The highest BCUT2D eigenvalue weighted by molar-refractivity contribution is 9.11. The first-order chi connectivity index (χ1) is 8.67. The first-order valence-electron chi connectivity index (χ1n) is 5.55. The molecule has 0 radical (unpaired) electrons. The summed E-state index contributed by atoms with van der Waals surface area (Å²) in [5.41, 5.74) is -0.299. The van der Waals surface area contributed by atoms with Crippen LogP contribution in [0.3, 0.4) is 0 Å². The van der Waals surface area contributed by atoms with Crippen molar-refractivity contribution >= 4 is 49.9 Å². The van der Waals surface area contributed by atoms with E-state index < -0.39 is 29.0 Å². The van der Waals surface area contributed by atoms with Gasteiger partial charge in [0.25, 0.3) is 0 Å². The quantitative estimate of drug-likeness (QED) is 0.807. The monoisotopic (exact) mass is 345 g/mol. The molecule has 0 saturated heterocycles. The number of aliphatic carboxylic acids is 1. The van der Waals surface area contributed by atoms with Crippen LogP contribution in [0.2, 0.25) is 0 Å². The third kappa shape index (κ3) is 2.01. The first-order valence-corrected chi connectivity index (χ1v) is 7.16. The number of fused-ring (bicyclic) bond motifs is 1. The molecule has 0 saturated carbocycles. The number of hydrogen-bond acceptors (Lipinski definition) is 4. The van der Waals surface area contributed by atoms with Gasteiger partial charge in [-0.05, 0) is 42.3 Å². The fourth-order valence-corrected chi connectivity index (χ4v) is 3.72. The smallest absolute Gasteiger partial charge is 0.310 e. The van der Waals surface area contributed by atoms with Gasteiger partial charge in [-0.2, -0.15) is 0 Å². The lowest BCUT2D eigenvalue weighted by molar-refractivity contribution is -0.151. The van der Waals surface area contributed by atoms with Crippen molar-refractivity contribution in [2.75, 3.05) is 5.32 Å². The number of nitrogens with one attached hydrogen (secondary N) is 1. The van der Waals surface area contributed by atoms with Gasteiger partial charge in [0.1, 0.15) is 10.9 Å². The summed E-state index contributed by atoms with van der Waals surface area (Å²) in [6.45, 7) is 4.54. The number of carboxylic acids is 1. The van der Waals surface area contributed by atoms with E-state index in [1.165, 1.54) is 25.2 Å². The number of rotatable bonds is 2. The van der Waals surface area contributed by atoms with Gasteiger partial charge in [-0.1, -0.05) is 0 Å². The molecular weight excluding hydrogens is 334 g/mol. The van der Waals surface area contributed by atoms with Gasteiger partial charge in [0.15, 0.2) is 5.78 Å². The number of carbonyl (C=O) groups excluding carboxylic acids is 2. The third-order valence-corrected chi connectivity index (χ3v) is 5.45. The molecule has 1 aliphatic heterocycles. The summed E-state index contributed by atoms with van der Waals surface area (Å²) in [5, 5.41) is 12.3. The van der Waals surface area contributed by atoms with Crippen molar-refractivity contribution in [3.8, 4) is 0 Å². The van der Waals surface area contributed by atoms with E-state index in [0.29, 0.717) is 10.6 Å². The molecule has 19 heavy (non-hydrogen) atoms. The molecule has 0 fully saturated rings. The maximum Gasteiger partial charge on any atom is 0.310 e. The number of carboxylic acid groups (broad SMARTS) is 1. The zero-order valence-corrected chi connectivity index (χ0v) is 12.9. The van der Waals surface area contributed by atoms with Crippen LogP contribution in [0, 0.1) is 18.3 Å². The molecule has 1 aromatic rings. The van der Waals surface area contributed by atoms with Crippen LogP contribution in [-0.2, 0) is 9.59 Å². The molecule has 7 heteroatoms. The van der Waals surface area contributed by atoms with Gasteiger partial charge in [-0.15, -0.1) is 11.3 Å². The minimum absolute atomic E-state index is 0.413. The highest BCUT2D eigenvalue weighted by Gasteiger charge is 2.50. The molecule has 1 atom stereocenters. The van der Waals surface area contributed by atoms with Crippen LogP contribution in [0.4, 0.5) is 5.00 Å². The van der Waals surface area contributed by atoms with E-state index in [4.69, 9.17) is 0 Å². The Morgan fingerprint density at radius 2 is 2.00 bits per heavy atom. The number of anilines is 1. The Morgan fingerprint density at radius 3 is 2.53 bits per heavy atom. The predicted molar refractivity (Wildman–Crippen MR) is 74.6 cm³/mol. The molecule has 1 aromatic heterocycles. The van der Waals surface area contributed by atoms with E-state index in [-0.39, 0.29) is 0 Å². The lowest BCUT2D eigenvalue weighted by atomic mass is 9.73. The number of hydrogen-bond donors (Lipinski definition) is 2. The fraction of sp³-hybridized carbons (Fsp3) is 0.417. The zero-order valence-electron chi connectivity index (χ0n) is 10.5. The van der Waals surface area contributed by atoms with E-state index in [1.54, 1.807) is 6.92 Å². The van der Waals surface area contributed by atoms with E-state index >= 15 is 0 Å². The molecule has 0 aliphatic carbocycles. The molecule has 1 unspecified atom stereocenters. The van der Waals surface area contributed by atoms with Gasteiger partial charge in [0, 0.05) is 0 Å². The maximum absolute atomic E-state index is 12.5. The lowest BCUT2D eigenvalue weighted by Gasteiger charge is -2.31. The Bertz CT molecular complexity index is 605. The highest BCUT2D eigenvalue weighted by Crippen LogP contribution is 2.44. The number of Topliss-reactive ketones (excluding diaryl/α,β-unsaturated/α-hetero) is 1. The van der Waals surface area contributed by atoms with Crippen molar-refractivity contribution in [1.82, 2.24) is 0 Å². The van der Waals surface area contributed by atoms with E-state index in [9.17, 15) is 19.5 Å². The average molecular weight is 346 g/mol. The molecule has 5 nitrogen and oxygen atoms in total. The fourth-order valence-electron chi connectivity index (χ4n) is 2.10. The SMILES string of the molecule is Cc1c(Br)sc2c1C(=O)C(C(C)(C)C(=O)O)C(=O)N2. The second kappa shape index (κ2) is 4.42. The summed E-state index contributed by atoms with van der Waals surface area (Å²) in [4.78, 5) is 35.8. The van der Waals surface area contributed by atoms with Crippen LogP contribution in [-0.4, -0.2) is 22.8 Å². The summed E-state index contributed by atoms with van der Waals surface area (Å²) in [5.74, 6) is -3.36. The Kier molecular flexibility index (Phi) is 3.30. The zero-order chi connectivity index (χ0) is 14.5. The van der Waals surface area contributed by atoms with Gasteiger partial charge in [0.2, 0.25) is 5.91 Å². The number of thiophene rings is 1. The molecule has 0 spiro atoms. The Balaban J connectivity index is 2.57.